The Hall–Kier alpha value is -3.92. The lowest BCUT2D eigenvalue weighted by atomic mass is 10.1. The second-order valence-electron chi connectivity index (χ2n) is 6.44. The van der Waals surface area contributed by atoms with E-state index in [9.17, 15) is 0 Å². The van der Waals surface area contributed by atoms with Crippen molar-refractivity contribution in [1.82, 2.24) is 14.5 Å². The van der Waals surface area contributed by atoms with E-state index < -0.39 is 0 Å². The highest BCUT2D eigenvalue weighted by Crippen LogP contribution is 2.28. The van der Waals surface area contributed by atoms with Crippen LogP contribution in [0.5, 0.6) is 11.5 Å². The van der Waals surface area contributed by atoms with Gasteiger partial charge in [-0.1, -0.05) is 36.4 Å². The van der Waals surface area contributed by atoms with Crippen LogP contribution >= 0.6 is 0 Å². The van der Waals surface area contributed by atoms with Crippen LogP contribution in [0.1, 0.15) is 0 Å². The number of ether oxygens (including phenoxy) is 1. The zero-order valence-electron chi connectivity index (χ0n) is 15.1. The number of fused-ring (bicyclic) bond motifs is 1. The lowest BCUT2D eigenvalue weighted by molar-refractivity contribution is 0.483. The maximum Gasteiger partial charge on any atom is 0.144 e. The number of hydrogen-bond donors (Lipinski definition) is 0. The highest BCUT2D eigenvalue weighted by molar-refractivity contribution is 5.81. The molecule has 4 heteroatoms. The van der Waals surface area contributed by atoms with Crippen molar-refractivity contribution in [1.29, 1.82) is 0 Å². The third-order valence-electron chi connectivity index (χ3n) is 4.58. The van der Waals surface area contributed by atoms with Crippen molar-refractivity contribution in [2.24, 2.45) is 0 Å². The minimum Gasteiger partial charge on any atom is -0.457 e. The Bertz CT molecular complexity index is 1240. The monoisotopic (exact) mass is 363 g/mol. The minimum atomic E-state index is 0.779. The second kappa shape index (κ2) is 7.00. The Morgan fingerprint density at radius 3 is 2.50 bits per heavy atom. The smallest absolute Gasteiger partial charge is 0.144 e. The van der Waals surface area contributed by atoms with Gasteiger partial charge in [-0.25, -0.2) is 4.98 Å². The predicted molar refractivity (Wildman–Crippen MR) is 111 cm³/mol. The fourth-order valence-corrected chi connectivity index (χ4v) is 3.26. The molecule has 0 aliphatic carbocycles. The Balaban J connectivity index is 1.53. The molecule has 0 amide bonds. The Morgan fingerprint density at radius 2 is 1.57 bits per heavy atom. The van der Waals surface area contributed by atoms with E-state index in [0.717, 1.165) is 39.5 Å². The van der Waals surface area contributed by atoms with Crippen LogP contribution in [0.3, 0.4) is 0 Å². The van der Waals surface area contributed by atoms with Crippen LogP contribution in [-0.2, 0) is 0 Å². The van der Waals surface area contributed by atoms with Crippen molar-refractivity contribution >= 4 is 10.9 Å². The fraction of sp³-hybridized carbons (Fsp3) is 0. The van der Waals surface area contributed by atoms with Crippen LogP contribution in [0, 0.1) is 0 Å². The first-order valence-electron chi connectivity index (χ1n) is 9.09. The van der Waals surface area contributed by atoms with Gasteiger partial charge in [0.05, 0.1) is 5.52 Å². The molecule has 0 atom stereocenters. The average molecular weight is 363 g/mol. The first-order chi connectivity index (χ1) is 13.9. The summed E-state index contributed by atoms with van der Waals surface area (Å²) in [6.45, 7) is 0. The zero-order valence-corrected chi connectivity index (χ0v) is 15.1. The molecule has 3 aromatic carbocycles. The van der Waals surface area contributed by atoms with Gasteiger partial charge in [0.15, 0.2) is 0 Å². The van der Waals surface area contributed by atoms with E-state index in [1.807, 2.05) is 85.3 Å². The van der Waals surface area contributed by atoms with E-state index in [0.29, 0.717) is 0 Å². The standard InChI is InChI=1S/C24H17N3O/c1-2-8-21(9-3-1)28-22-10-4-6-19(17-22)24-26-14-15-27(24)20-11-12-23-18(16-20)7-5-13-25-23/h1-17H. The molecule has 0 bridgehead atoms. The third-order valence-corrected chi connectivity index (χ3v) is 4.58. The summed E-state index contributed by atoms with van der Waals surface area (Å²) in [7, 11) is 0. The molecule has 0 radical (unpaired) electrons. The summed E-state index contributed by atoms with van der Waals surface area (Å²) in [5, 5.41) is 1.10. The molecular formula is C24H17N3O. The number of pyridine rings is 1. The fourth-order valence-electron chi connectivity index (χ4n) is 3.26. The van der Waals surface area contributed by atoms with Crippen LogP contribution < -0.4 is 4.74 Å². The van der Waals surface area contributed by atoms with Crippen LogP contribution in [-0.4, -0.2) is 14.5 Å². The number of imidazole rings is 1. The molecule has 0 spiro atoms. The van der Waals surface area contributed by atoms with E-state index in [4.69, 9.17) is 4.74 Å². The molecule has 4 nitrogen and oxygen atoms in total. The summed E-state index contributed by atoms with van der Waals surface area (Å²) in [6, 6.07) is 28.0. The SMILES string of the molecule is c1ccc(Oc2cccc(-c3nccn3-c3ccc4ncccc4c3)c2)cc1. The van der Waals surface area contributed by atoms with E-state index in [2.05, 4.69) is 32.7 Å². The molecule has 0 N–H and O–H groups in total. The number of nitrogens with zero attached hydrogens (tertiary/aromatic N) is 3. The summed E-state index contributed by atoms with van der Waals surface area (Å²) < 4.78 is 8.05. The number of para-hydroxylation sites is 1. The van der Waals surface area contributed by atoms with Gasteiger partial charge in [0, 0.05) is 35.2 Å². The van der Waals surface area contributed by atoms with Gasteiger partial charge in [0.2, 0.25) is 0 Å². The molecule has 0 aliphatic rings. The molecule has 5 aromatic rings. The van der Waals surface area contributed by atoms with Crippen molar-refractivity contribution in [3.8, 4) is 28.6 Å². The molecule has 28 heavy (non-hydrogen) atoms. The summed E-state index contributed by atoms with van der Waals surface area (Å²) in [5.41, 5.74) is 3.01. The summed E-state index contributed by atoms with van der Waals surface area (Å²) in [5.74, 6) is 2.45. The minimum absolute atomic E-state index is 0.779. The van der Waals surface area contributed by atoms with Gasteiger partial charge in [0.25, 0.3) is 0 Å². The first-order valence-corrected chi connectivity index (χ1v) is 9.09. The van der Waals surface area contributed by atoms with Gasteiger partial charge in [-0.3, -0.25) is 9.55 Å². The molecule has 0 saturated heterocycles. The Kier molecular flexibility index (Phi) is 4.07. The zero-order chi connectivity index (χ0) is 18.8. The lowest BCUT2D eigenvalue weighted by Gasteiger charge is -2.11. The molecule has 5 rings (SSSR count). The number of benzene rings is 3. The van der Waals surface area contributed by atoms with Gasteiger partial charge < -0.3 is 4.74 Å². The van der Waals surface area contributed by atoms with E-state index in [1.54, 1.807) is 0 Å². The Labute approximate surface area is 162 Å². The maximum atomic E-state index is 5.98. The maximum absolute atomic E-state index is 5.98. The lowest BCUT2D eigenvalue weighted by Crippen LogP contribution is -1.97. The van der Waals surface area contributed by atoms with E-state index in [1.165, 1.54) is 0 Å². The van der Waals surface area contributed by atoms with E-state index >= 15 is 0 Å². The highest BCUT2D eigenvalue weighted by atomic mass is 16.5. The molecule has 0 saturated carbocycles. The predicted octanol–water partition coefficient (Wildman–Crippen LogP) is 5.88. The van der Waals surface area contributed by atoms with Crippen molar-refractivity contribution in [3.05, 3.63) is 104 Å². The van der Waals surface area contributed by atoms with Crippen LogP contribution in [0.2, 0.25) is 0 Å². The van der Waals surface area contributed by atoms with Gasteiger partial charge in [0.1, 0.15) is 17.3 Å². The quantitative estimate of drug-likeness (QED) is 0.400. The summed E-state index contributed by atoms with van der Waals surface area (Å²) in [6.07, 6.45) is 5.59. The molecule has 0 fully saturated rings. The van der Waals surface area contributed by atoms with Gasteiger partial charge in [-0.05, 0) is 48.5 Å². The van der Waals surface area contributed by atoms with Crippen molar-refractivity contribution in [2.75, 3.05) is 0 Å². The van der Waals surface area contributed by atoms with Crippen molar-refractivity contribution < 1.29 is 4.74 Å². The number of hydrogen-bond acceptors (Lipinski definition) is 3. The molecular weight excluding hydrogens is 346 g/mol. The highest BCUT2D eigenvalue weighted by Gasteiger charge is 2.10. The van der Waals surface area contributed by atoms with Crippen LogP contribution in [0.15, 0.2) is 104 Å². The van der Waals surface area contributed by atoms with E-state index in [-0.39, 0.29) is 0 Å². The number of rotatable bonds is 4. The molecule has 134 valence electrons. The van der Waals surface area contributed by atoms with Gasteiger partial charge in [-0.15, -0.1) is 0 Å². The summed E-state index contributed by atoms with van der Waals surface area (Å²) >= 11 is 0. The van der Waals surface area contributed by atoms with Crippen LogP contribution in [0.25, 0.3) is 28.0 Å². The first kappa shape index (κ1) is 16.3. The molecule has 2 aromatic heterocycles. The van der Waals surface area contributed by atoms with Crippen LogP contribution in [0.4, 0.5) is 0 Å². The molecule has 2 heterocycles. The normalized spacial score (nSPS) is 10.9. The topological polar surface area (TPSA) is 39.9 Å². The van der Waals surface area contributed by atoms with Crippen molar-refractivity contribution in [3.63, 3.8) is 0 Å². The molecule has 0 aliphatic heterocycles. The van der Waals surface area contributed by atoms with Crippen molar-refractivity contribution in [2.45, 2.75) is 0 Å². The van der Waals surface area contributed by atoms with Gasteiger partial charge >= 0.3 is 0 Å². The largest absolute Gasteiger partial charge is 0.457 e. The average Bonchev–Trinajstić information content (AvgIpc) is 3.24. The number of aromatic nitrogens is 3. The third kappa shape index (κ3) is 3.12. The van der Waals surface area contributed by atoms with Gasteiger partial charge in [-0.2, -0.15) is 0 Å². The molecule has 0 unspecified atom stereocenters. The Morgan fingerprint density at radius 1 is 0.679 bits per heavy atom. The second-order valence-corrected chi connectivity index (χ2v) is 6.44. The summed E-state index contributed by atoms with van der Waals surface area (Å²) in [4.78, 5) is 8.98.